The molecule has 1 fully saturated rings. The van der Waals surface area contributed by atoms with Crippen molar-refractivity contribution in [1.82, 2.24) is 9.88 Å². The fraction of sp³-hybridized carbons (Fsp3) is 0.471. The van der Waals surface area contributed by atoms with Gasteiger partial charge in [0.05, 0.1) is 12.6 Å². The number of aromatic nitrogens is 1. The van der Waals surface area contributed by atoms with Crippen molar-refractivity contribution in [3.63, 3.8) is 0 Å². The third kappa shape index (κ3) is 3.72. The molecule has 118 valence electrons. The van der Waals surface area contributed by atoms with Crippen molar-refractivity contribution in [3.05, 3.63) is 51.7 Å². The first-order valence-corrected chi connectivity index (χ1v) is 8.58. The minimum atomic E-state index is -0.538. The van der Waals surface area contributed by atoms with Crippen LogP contribution >= 0.6 is 11.3 Å². The van der Waals surface area contributed by atoms with Gasteiger partial charge in [-0.05, 0) is 50.4 Å². The molecule has 2 unspecified atom stereocenters. The SMILES string of the molecule is Cc1csc(CN2CCCC2CC(O)c2ccc(F)cc2)n1. The van der Waals surface area contributed by atoms with Crippen molar-refractivity contribution in [2.45, 2.75) is 44.9 Å². The molecular weight excluding hydrogens is 299 g/mol. The molecule has 2 heterocycles. The van der Waals surface area contributed by atoms with E-state index in [9.17, 15) is 9.50 Å². The second-order valence-electron chi connectivity index (χ2n) is 5.95. The Kier molecular flexibility index (Phi) is 4.86. The number of nitrogens with zero attached hydrogens (tertiary/aromatic N) is 2. The summed E-state index contributed by atoms with van der Waals surface area (Å²) in [6.45, 7) is 3.93. The molecule has 3 nitrogen and oxygen atoms in total. The number of hydrogen-bond acceptors (Lipinski definition) is 4. The summed E-state index contributed by atoms with van der Waals surface area (Å²) in [5.41, 5.74) is 1.86. The normalized spacial score (nSPS) is 20.4. The van der Waals surface area contributed by atoms with Crippen LogP contribution in [0.25, 0.3) is 0 Å². The molecule has 2 aromatic rings. The van der Waals surface area contributed by atoms with Gasteiger partial charge in [-0.2, -0.15) is 0 Å². The topological polar surface area (TPSA) is 36.4 Å². The molecule has 0 aliphatic carbocycles. The Balaban J connectivity index is 1.61. The summed E-state index contributed by atoms with van der Waals surface area (Å²) in [6.07, 6.45) is 2.41. The molecule has 0 saturated carbocycles. The summed E-state index contributed by atoms with van der Waals surface area (Å²) in [5, 5.41) is 13.6. The molecule has 0 amide bonds. The lowest BCUT2D eigenvalue weighted by Gasteiger charge is -2.25. The number of benzene rings is 1. The van der Waals surface area contributed by atoms with E-state index < -0.39 is 6.10 Å². The van der Waals surface area contributed by atoms with Gasteiger partial charge in [0.25, 0.3) is 0 Å². The Morgan fingerprint density at radius 2 is 2.18 bits per heavy atom. The van der Waals surface area contributed by atoms with Crippen LogP contribution < -0.4 is 0 Å². The Hall–Kier alpha value is -1.30. The van der Waals surface area contributed by atoms with Crippen LogP contribution in [0.4, 0.5) is 4.39 Å². The summed E-state index contributed by atoms with van der Waals surface area (Å²) in [4.78, 5) is 6.94. The number of aliphatic hydroxyl groups excluding tert-OH is 1. The molecule has 1 aromatic heterocycles. The maximum Gasteiger partial charge on any atom is 0.123 e. The largest absolute Gasteiger partial charge is 0.388 e. The average molecular weight is 320 g/mol. The molecule has 0 spiro atoms. The van der Waals surface area contributed by atoms with Crippen LogP contribution in [0.1, 0.15) is 41.6 Å². The van der Waals surface area contributed by atoms with Crippen LogP contribution in [0.3, 0.4) is 0 Å². The summed E-state index contributed by atoms with van der Waals surface area (Å²) >= 11 is 1.70. The molecule has 1 aliphatic rings. The Morgan fingerprint density at radius 3 is 2.86 bits per heavy atom. The maximum absolute atomic E-state index is 13.0. The lowest BCUT2D eigenvalue weighted by Crippen LogP contribution is -2.30. The fourth-order valence-electron chi connectivity index (χ4n) is 3.10. The molecule has 22 heavy (non-hydrogen) atoms. The third-order valence-corrected chi connectivity index (χ3v) is 5.21. The van der Waals surface area contributed by atoms with Gasteiger partial charge in [0.15, 0.2) is 0 Å². The zero-order chi connectivity index (χ0) is 15.5. The number of rotatable bonds is 5. The summed E-state index contributed by atoms with van der Waals surface area (Å²) < 4.78 is 13.0. The third-order valence-electron chi connectivity index (χ3n) is 4.25. The quantitative estimate of drug-likeness (QED) is 0.913. The van der Waals surface area contributed by atoms with E-state index in [-0.39, 0.29) is 5.82 Å². The van der Waals surface area contributed by atoms with E-state index in [0.717, 1.165) is 42.2 Å². The van der Waals surface area contributed by atoms with E-state index in [2.05, 4.69) is 15.3 Å². The van der Waals surface area contributed by atoms with Gasteiger partial charge >= 0.3 is 0 Å². The fourth-order valence-corrected chi connectivity index (χ4v) is 3.89. The van der Waals surface area contributed by atoms with E-state index in [0.29, 0.717) is 12.5 Å². The van der Waals surface area contributed by atoms with Crippen molar-refractivity contribution >= 4 is 11.3 Å². The highest BCUT2D eigenvalue weighted by Crippen LogP contribution is 2.29. The average Bonchev–Trinajstić information content (AvgIpc) is 3.10. The number of hydrogen-bond donors (Lipinski definition) is 1. The Bertz CT molecular complexity index is 613. The highest BCUT2D eigenvalue weighted by Gasteiger charge is 2.27. The number of halogens is 1. The summed E-state index contributed by atoms with van der Waals surface area (Å²) in [5.74, 6) is -0.266. The minimum Gasteiger partial charge on any atom is -0.388 e. The summed E-state index contributed by atoms with van der Waals surface area (Å²) in [6, 6.07) is 6.52. The predicted molar refractivity (Wildman–Crippen MR) is 86.3 cm³/mol. The van der Waals surface area contributed by atoms with Crippen molar-refractivity contribution in [2.24, 2.45) is 0 Å². The first-order chi connectivity index (χ1) is 10.6. The highest BCUT2D eigenvalue weighted by atomic mass is 32.1. The molecule has 1 saturated heterocycles. The van der Waals surface area contributed by atoms with E-state index in [1.54, 1.807) is 23.5 Å². The Labute approximate surface area is 134 Å². The lowest BCUT2D eigenvalue weighted by molar-refractivity contribution is 0.118. The lowest BCUT2D eigenvalue weighted by atomic mass is 10.0. The van der Waals surface area contributed by atoms with Crippen molar-refractivity contribution in [2.75, 3.05) is 6.54 Å². The number of likely N-dealkylation sites (tertiary alicyclic amines) is 1. The van der Waals surface area contributed by atoms with E-state index in [4.69, 9.17) is 0 Å². The molecule has 1 N–H and O–H groups in total. The highest BCUT2D eigenvalue weighted by molar-refractivity contribution is 7.09. The van der Waals surface area contributed by atoms with Gasteiger partial charge < -0.3 is 5.11 Å². The second-order valence-corrected chi connectivity index (χ2v) is 6.89. The molecule has 2 atom stereocenters. The van der Waals surface area contributed by atoms with Crippen LogP contribution in [0.2, 0.25) is 0 Å². The minimum absolute atomic E-state index is 0.266. The van der Waals surface area contributed by atoms with E-state index in [1.807, 2.05) is 6.92 Å². The van der Waals surface area contributed by atoms with Crippen LogP contribution in [-0.4, -0.2) is 27.6 Å². The van der Waals surface area contributed by atoms with Crippen molar-refractivity contribution in [3.8, 4) is 0 Å². The van der Waals surface area contributed by atoms with Crippen molar-refractivity contribution < 1.29 is 9.50 Å². The van der Waals surface area contributed by atoms with Gasteiger partial charge in [0.1, 0.15) is 10.8 Å². The van der Waals surface area contributed by atoms with Gasteiger partial charge in [-0.25, -0.2) is 9.37 Å². The predicted octanol–water partition coefficient (Wildman–Crippen LogP) is 3.68. The molecule has 5 heteroatoms. The molecule has 3 rings (SSSR count). The maximum atomic E-state index is 13.0. The number of aryl methyl sites for hydroxylation is 1. The van der Waals surface area contributed by atoms with Gasteiger partial charge in [-0.3, -0.25) is 4.90 Å². The number of thiazole rings is 1. The first-order valence-electron chi connectivity index (χ1n) is 7.70. The summed E-state index contributed by atoms with van der Waals surface area (Å²) in [7, 11) is 0. The molecule has 1 aliphatic heterocycles. The van der Waals surface area contributed by atoms with Gasteiger partial charge in [-0.15, -0.1) is 11.3 Å². The zero-order valence-corrected chi connectivity index (χ0v) is 13.5. The molecular formula is C17H21FN2OS. The monoisotopic (exact) mass is 320 g/mol. The Morgan fingerprint density at radius 1 is 1.41 bits per heavy atom. The molecule has 0 radical (unpaired) electrons. The molecule has 0 bridgehead atoms. The smallest absolute Gasteiger partial charge is 0.123 e. The van der Waals surface area contributed by atoms with E-state index >= 15 is 0 Å². The van der Waals surface area contributed by atoms with Crippen LogP contribution in [-0.2, 0) is 6.54 Å². The zero-order valence-electron chi connectivity index (χ0n) is 12.7. The number of aliphatic hydroxyl groups is 1. The van der Waals surface area contributed by atoms with Crippen LogP contribution in [0, 0.1) is 12.7 Å². The van der Waals surface area contributed by atoms with Crippen LogP contribution in [0.15, 0.2) is 29.6 Å². The van der Waals surface area contributed by atoms with Crippen molar-refractivity contribution in [1.29, 1.82) is 0 Å². The van der Waals surface area contributed by atoms with Gasteiger partial charge in [0, 0.05) is 17.1 Å². The van der Waals surface area contributed by atoms with Gasteiger partial charge in [-0.1, -0.05) is 12.1 Å². The van der Waals surface area contributed by atoms with Crippen LogP contribution in [0.5, 0.6) is 0 Å². The standard InChI is InChI=1S/C17H21FN2OS/c1-12-11-22-17(19-12)10-20-8-2-3-15(20)9-16(21)13-4-6-14(18)7-5-13/h4-7,11,15-16,21H,2-3,8-10H2,1H3. The van der Waals surface area contributed by atoms with E-state index in [1.165, 1.54) is 12.1 Å². The molecule has 1 aromatic carbocycles. The first kappa shape index (κ1) is 15.6. The van der Waals surface area contributed by atoms with Gasteiger partial charge in [0.2, 0.25) is 0 Å². The second kappa shape index (κ2) is 6.86.